The Labute approximate surface area is 115 Å². The summed E-state index contributed by atoms with van der Waals surface area (Å²) in [5, 5.41) is 3.63. The number of benzene rings is 1. The maximum absolute atomic E-state index is 12.1. The molecule has 2 heterocycles. The number of amides is 1. The van der Waals surface area contributed by atoms with Crippen LogP contribution in [0.1, 0.15) is 10.5 Å². The maximum Gasteiger partial charge on any atom is 0.275 e. The van der Waals surface area contributed by atoms with Gasteiger partial charge in [-0.3, -0.25) is 9.78 Å². The summed E-state index contributed by atoms with van der Waals surface area (Å²) in [6.07, 6.45) is 4.91. The number of carbonyl (C=O) groups is 1. The van der Waals surface area contributed by atoms with E-state index in [0.717, 1.165) is 5.39 Å². The number of nitrogens with one attached hydrogen (secondary N) is 1. The minimum atomic E-state index is -0.263. The number of imidazole rings is 1. The second-order valence-electron chi connectivity index (χ2n) is 4.48. The molecule has 0 radical (unpaired) electrons. The first-order chi connectivity index (χ1) is 9.65. The van der Waals surface area contributed by atoms with Crippen LogP contribution in [0.4, 0.5) is 11.4 Å². The third-order valence-electron chi connectivity index (χ3n) is 2.99. The fourth-order valence-electron chi connectivity index (χ4n) is 2.02. The number of fused-ring (bicyclic) bond motifs is 1. The van der Waals surface area contributed by atoms with Gasteiger partial charge in [0.1, 0.15) is 5.69 Å². The molecule has 100 valence electrons. The zero-order valence-electron chi connectivity index (χ0n) is 10.9. The van der Waals surface area contributed by atoms with Gasteiger partial charge in [0, 0.05) is 24.8 Å². The van der Waals surface area contributed by atoms with E-state index in [2.05, 4.69) is 15.3 Å². The number of aromatic nitrogens is 3. The highest BCUT2D eigenvalue weighted by atomic mass is 16.1. The molecule has 0 aliphatic rings. The average molecular weight is 267 g/mol. The van der Waals surface area contributed by atoms with Gasteiger partial charge in [0.05, 0.1) is 23.2 Å². The van der Waals surface area contributed by atoms with Crippen LogP contribution in [0.15, 0.2) is 43.0 Å². The monoisotopic (exact) mass is 267 g/mol. The fourth-order valence-corrected chi connectivity index (χ4v) is 2.02. The summed E-state index contributed by atoms with van der Waals surface area (Å²) in [4.78, 5) is 20.4. The first-order valence-electron chi connectivity index (χ1n) is 6.07. The van der Waals surface area contributed by atoms with E-state index in [0.29, 0.717) is 22.6 Å². The number of aryl methyl sites for hydroxylation is 1. The summed E-state index contributed by atoms with van der Waals surface area (Å²) in [7, 11) is 1.81. The van der Waals surface area contributed by atoms with Crippen LogP contribution in [0, 0.1) is 0 Å². The number of nitrogens with zero attached hydrogens (tertiary/aromatic N) is 3. The summed E-state index contributed by atoms with van der Waals surface area (Å²) in [6, 6.07) is 7.16. The number of hydrogen-bond donors (Lipinski definition) is 2. The van der Waals surface area contributed by atoms with Gasteiger partial charge in [0.25, 0.3) is 5.91 Å². The van der Waals surface area contributed by atoms with E-state index in [-0.39, 0.29) is 5.91 Å². The molecule has 0 bridgehead atoms. The molecule has 3 N–H and O–H groups in total. The molecule has 1 aromatic carbocycles. The van der Waals surface area contributed by atoms with Crippen molar-refractivity contribution in [2.24, 2.45) is 7.05 Å². The highest BCUT2D eigenvalue weighted by Gasteiger charge is 2.11. The van der Waals surface area contributed by atoms with Crippen molar-refractivity contribution in [1.29, 1.82) is 0 Å². The van der Waals surface area contributed by atoms with E-state index >= 15 is 0 Å². The molecule has 1 amide bonds. The predicted octanol–water partition coefficient (Wildman–Crippen LogP) is 1.80. The van der Waals surface area contributed by atoms with Crippen LogP contribution in [-0.4, -0.2) is 20.4 Å². The van der Waals surface area contributed by atoms with E-state index in [1.807, 2.05) is 13.1 Å². The van der Waals surface area contributed by atoms with Gasteiger partial charge in [-0.25, -0.2) is 4.98 Å². The lowest BCUT2D eigenvalue weighted by Gasteiger charge is -2.08. The Bertz CT molecular complexity index is 793. The lowest BCUT2D eigenvalue weighted by Crippen LogP contribution is -2.12. The molecular formula is C14H13N5O. The van der Waals surface area contributed by atoms with Crippen molar-refractivity contribution < 1.29 is 4.79 Å². The van der Waals surface area contributed by atoms with Gasteiger partial charge >= 0.3 is 0 Å². The normalized spacial score (nSPS) is 10.7. The number of hydrogen-bond acceptors (Lipinski definition) is 4. The van der Waals surface area contributed by atoms with E-state index < -0.39 is 0 Å². The number of nitrogens with two attached hydrogens (primary N) is 1. The second kappa shape index (κ2) is 4.65. The highest BCUT2D eigenvalue weighted by Crippen LogP contribution is 2.26. The van der Waals surface area contributed by atoms with Gasteiger partial charge in [-0.1, -0.05) is 0 Å². The Kier molecular flexibility index (Phi) is 2.83. The van der Waals surface area contributed by atoms with Crippen molar-refractivity contribution in [3.05, 3.63) is 48.7 Å². The Morgan fingerprint density at radius 1 is 1.30 bits per heavy atom. The van der Waals surface area contributed by atoms with Crippen molar-refractivity contribution in [3.63, 3.8) is 0 Å². The minimum Gasteiger partial charge on any atom is -0.397 e. The molecule has 3 rings (SSSR count). The van der Waals surface area contributed by atoms with E-state index in [4.69, 9.17) is 5.73 Å². The van der Waals surface area contributed by atoms with Gasteiger partial charge in [-0.05, 0) is 24.3 Å². The smallest absolute Gasteiger partial charge is 0.275 e. The van der Waals surface area contributed by atoms with Gasteiger partial charge in [0.2, 0.25) is 0 Å². The topological polar surface area (TPSA) is 85.8 Å². The van der Waals surface area contributed by atoms with Crippen molar-refractivity contribution in [2.45, 2.75) is 0 Å². The summed E-state index contributed by atoms with van der Waals surface area (Å²) in [6.45, 7) is 0. The lowest BCUT2D eigenvalue weighted by molar-refractivity contribution is 0.102. The molecule has 0 fully saturated rings. The standard InChI is InChI=1S/C14H13N5O/c1-19-7-12(17-8-19)14(20)18-11-5-4-10(15)13-9(11)3-2-6-16-13/h2-8H,15H2,1H3,(H,18,20). The first kappa shape index (κ1) is 12.2. The largest absolute Gasteiger partial charge is 0.397 e. The summed E-state index contributed by atoms with van der Waals surface area (Å²) in [5.41, 5.74) is 8.16. The summed E-state index contributed by atoms with van der Waals surface area (Å²) >= 11 is 0. The van der Waals surface area contributed by atoms with Gasteiger partial charge < -0.3 is 15.6 Å². The molecule has 2 aromatic heterocycles. The zero-order chi connectivity index (χ0) is 14.1. The molecule has 0 unspecified atom stereocenters. The van der Waals surface area contributed by atoms with Gasteiger partial charge in [0.15, 0.2) is 0 Å². The quantitative estimate of drug-likeness (QED) is 0.693. The number of carbonyl (C=O) groups excluding carboxylic acids is 1. The molecule has 20 heavy (non-hydrogen) atoms. The molecule has 3 aromatic rings. The SMILES string of the molecule is Cn1cnc(C(=O)Nc2ccc(N)c3ncccc23)c1. The molecule has 0 atom stereocenters. The fraction of sp³-hybridized carbons (Fsp3) is 0.0714. The number of rotatable bonds is 2. The van der Waals surface area contributed by atoms with Crippen molar-refractivity contribution in [1.82, 2.24) is 14.5 Å². The second-order valence-corrected chi connectivity index (χ2v) is 4.48. The third kappa shape index (κ3) is 2.07. The van der Waals surface area contributed by atoms with Crippen LogP contribution in [0.25, 0.3) is 10.9 Å². The molecular weight excluding hydrogens is 254 g/mol. The van der Waals surface area contributed by atoms with Crippen LogP contribution in [-0.2, 0) is 7.05 Å². The highest BCUT2D eigenvalue weighted by molar-refractivity contribution is 6.09. The van der Waals surface area contributed by atoms with Gasteiger partial charge in [-0.15, -0.1) is 0 Å². The minimum absolute atomic E-state index is 0.263. The number of pyridine rings is 1. The van der Waals surface area contributed by atoms with Crippen LogP contribution in [0.2, 0.25) is 0 Å². The first-order valence-corrected chi connectivity index (χ1v) is 6.07. The van der Waals surface area contributed by atoms with Crippen LogP contribution >= 0.6 is 0 Å². The van der Waals surface area contributed by atoms with Crippen molar-refractivity contribution in [2.75, 3.05) is 11.1 Å². The summed E-state index contributed by atoms with van der Waals surface area (Å²) < 4.78 is 1.72. The predicted molar refractivity (Wildman–Crippen MR) is 77.3 cm³/mol. The Morgan fingerprint density at radius 2 is 2.15 bits per heavy atom. The molecule has 6 nitrogen and oxygen atoms in total. The van der Waals surface area contributed by atoms with E-state index in [1.54, 1.807) is 41.5 Å². The van der Waals surface area contributed by atoms with E-state index in [1.165, 1.54) is 0 Å². The lowest BCUT2D eigenvalue weighted by atomic mass is 10.1. The number of nitrogen functional groups attached to an aromatic ring is 1. The summed E-state index contributed by atoms with van der Waals surface area (Å²) in [5.74, 6) is -0.263. The average Bonchev–Trinajstić information content (AvgIpc) is 2.89. The van der Waals surface area contributed by atoms with Crippen molar-refractivity contribution >= 4 is 28.2 Å². The van der Waals surface area contributed by atoms with E-state index in [9.17, 15) is 4.79 Å². The molecule has 0 spiro atoms. The molecule has 0 aliphatic heterocycles. The van der Waals surface area contributed by atoms with Crippen LogP contribution in [0.5, 0.6) is 0 Å². The Morgan fingerprint density at radius 3 is 2.90 bits per heavy atom. The van der Waals surface area contributed by atoms with Crippen LogP contribution in [0.3, 0.4) is 0 Å². The van der Waals surface area contributed by atoms with Crippen LogP contribution < -0.4 is 11.1 Å². The third-order valence-corrected chi connectivity index (χ3v) is 2.99. The molecule has 0 aliphatic carbocycles. The Hall–Kier alpha value is -2.89. The molecule has 0 saturated heterocycles. The molecule has 6 heteroatoms. The Balaban J connectivity index is 1.99. The zero-order valence-corrected chi connectivity index (χ0v) is 10.9. The number of anilines is 2. The maximum atomic E-state index is 12.1. The van der Waals surface area contributed by atoms with Crippen molar-refractivity contribution in [3.8, 4) is 0 Å². The van der Waals surface area contributed by atoms with Gasteiger partial charge in [-0.2, -0.15) is 0 Å². The molecule has 0 saturated carbocycles.